The van der Waals surface area contributed by atoms with Gasteiger partial charge in [-0.05, 0) is 30.2 Å². The third-order valence-corrected chi connectivity index (χ3v) is 3.43. The fourth-order valence-corrected chi connectivity index (χ4v) is 2.48. The number of aromatic amines is 1. The van der Waals surface area contributed by atoms with Crippen molar-refractivity contribution in [1.82, 2.24) is 15.3 Å². The zero-order valence-electron chi connectivity index (χ0n) is 11.6. The Morgan fingerprint density at radius 2 is 2.40 bits per heavy atom. The molecule has 104 valence electrons. The molecule has 0 amide bonds. The zero-order chi connectivity index (χ0) is 13.9. The van der Waals surface area contributed by atoms with E-state index in [1.165, 1.54) is 11.3 Å². The van der Waals surface area contributed by atoms with Crippen molar-refractivity contribution in [2.75, 3.05) is 13.2 Å². The van der Waals surface area contributed by atoms with Gasteiger partial charge >= 0.3 is 0 Å². The normalized spacial score (nSPS) is 17.6. The highest BCUT2D eigenvalue weighted by Crippen LogP contribution is 2.28. The SMILES string of the molecule is C=C(C)COc1cccc([C@H]2NCCc3[nH]cnc32)c1. The van der Waals surface area contributed by atoms with Crippen LogP contribution in [0.5, 0.6) is 5.75 Å². The first-order valence-electron chi connectivity index (χ1n) is 6.86. The van der Waals surface area contributed by atoms with Crippen LogP contribution in [0.4, 0.5) is 0 Å². The van der Waals surface area contributed by atoms with Gasteiger partial charge in [0.1, 0.15) is 12.4 Å². The molecule has 1 aliphatic heterocycles. The predicted molar refractivity (Wildman–Crippen MR) is 78.9 cm³/mol. The molecule has 1 aromatic carbocycles. The Balaban J connectivity index is 1.85. The van der Waals surface area contributed by atoms with E-state index in [1.807, 2.05) is 19.1 Å². The summed E-state index contributed by atoms with van der Waals surface area (Å²) in [5.41, 5.74) is 4.51. The lowest BCUT2D eigenvalue weighted by Gasteiger charge is -2.23. The molecule has 0 saturated heterocycles. The van der Waals surface area contributed by atoms with Gasteiger partial charge in [-0.3, -0.25) is 0 Å². The predicted octanol–water partition coefficient (Wildman–Crippen LogP) is 2.60. The van der Waals surface area contributed by atoms with Gasteiger partial charge in [0.25, 0.3) is 0 Å². The molecule has 1 aromatic heterocycles. The van der Waals surface area contributed by atoms with Crippen molar-refractivity contribution in [3.05, 3.63) is 59.7 Å². The van der Waals surface area contributed by atoms with Crippen LogP contribution < -0.4 is 10.1 Å². The molecule has 4 heteroatoms. The van der Waals surface area contributed by atoms with Crippen LogP contribution in [0.25, 0.3) is 0 Å². The summed E-state index contributed by atoms with van der Waals surface area (Å²) >= 11 is 0. The molecule has 2 heterocycles. The van der Waals surface area contributed by atoms with E-state index < -0.39 is 0 Å². The van der Waals surface area contributed by atoms with E-state index in [-0.39, 0.29) is 6.04 Å². The minimum atomic E-state index is 0.137. The van der Waals surface area contributed by atoms with E-state index in [0.29, 0.717) is 6.61 Å². The van der Waals surface area contributed by atoms with Crippen molar-refractivity contribution >= 4 is 0 Å². The molecular formula is C16H19N3O. The maximum Gasteiger partial charge on any atom is 0.120 e. The molecule has 0 fully saturated rings. The van der Waals surface area contributed by atoms with Gasteiger partial charge < -0.3 is 15.0 Å². The average molecular weight is 269 g/mol. The number of aromatic nitrogens is 2. The maximum absolute atomic E-state index is 5.71. The molecule has 1 aliphatic rings. The van der Waals surface area contributed by atoms with Crippen LogP contribution in [-0.2, 0) is 6.42 Å². The largest absolute Gasteiger partial charge is 0.489 e. The van der Waals surface area contributed by atoms with E-state index in [2.05, 4.69) is 34.0 Å². The van der Waals surface area contributed by atoms with E-state index in [9.17, 15) is 0 Å². The Kier molecular flexibility index (Phi) is 3.56. The smallest absolute Gasteiger partial charge is 0.120 e. The second-order valence-electron chi connectivity index (χ2n) is 5.22. The topological polar surface area (TPSA) is 49.9 Å². The van der Waals surface area contributed by atoms with Crippen LogP contribution in [0.3, 0.4) is 0 Å². The lowest BCUT2D eigenvalue weighted by atomic mass is 9.98. The molecule has 3 rings (SSSR count). The van der Waals surface area contributed by atoms with Crippen molar-refractivity contribution in [3.8, 4) is 5.75 Å². The first-order chi connectivity index (χ1) is 9.74. The second kappa shape index (κ2) is 5.51. The standard InChI is InChI=1S/C16H19N3O/c1-11(2)9-20-13-5-3-4-12(8-13)15-16-14(6-7-17-15)18-10-19-16/h3-5,8,10,15,17H,1,6-7,9H2,2H3,(H,18,19)/t15-/m1/s1. The molecule has 0 radical (unpaired) electrons. The van der Waals surface area contributed by atoms with E-state index in [0.717, 1.165) is 30.0 Å². The molecule has 0 bridgehead atoms. The molecule has 0 aliphatic carbocycles. The number of nitrogens with one attached hydrogen (secondary N) is 2. The average Bonchev–Trinajstić information content (AvgIpc) is 2.93. The number of fused-ring (bicyclic) bond motifs is 1. The summed E-state index contributed by atoms with van der Waals surface area (Å²) in [6.07, 6.45) is 2.77. The molecule has 0 unspecified atom stereocenters. The molecule has 1 atom stereocenters. The van der Waals surface area contributed by atoms with Gasteiger partial charge in [0, 0.05) is 18.7 Å². The van der Waals surface area contributed by atoms with Gasteiger partial charge in [0.2, 0.25) is 0 Å². The van der Waals surface area contributed by atoms with Gasteiger partial charge in [0.05, 0.1) is 18.1 Å². The summed E-state index contributed by atoms with van der Waals surface area (Å²) in [5.74, 6) is 0.870. The van der Waals surface area contributed by atoms with E-state index in [4.69, 9.17) is 4.74 Å². The van der Waals surface area contributed by atoms with Gasteiger partial charge in [-0.2, -0.15) is 0 Å². The number of benzene rings is 1. The number of imidazole rings is 1. The Bertz CT molecular complexity index is 618. The van der Waals surface area contributed by atoms with Crippen molar-refractivity contribution in [2.45, 2.75) is 19.4 Å². The van der Waals surface area contributed by atoms with Crippen molar-refractivity contribution in [3.63, 3.8) is 0 Å². The highest BCUT2D eigenvalue weighted by atomic mass is 16.5. The summed E-state index contributed by atoms with van der Waals surface area (Å²) in [6.45, 7) is 7.32. The maximum atomic E-state index is 5.71. The van der Waals surface area contributed by atoms with Crippen LogP contribution in [0.1, 0.15) is 29.9 Å². The van der Waals surface area contributed by atoms with Crippen molar-refractivity contribution in [1.29, 1.82) is 0 Å². The molecule has 2 aromatic rings. The number of hydrogen-bond donors (Lipinski definition) is 2. The highest BCUT2D eigenvalue weighted by molar-refractivity contribution is 5.37. The Hall–Kier alpha value is -2.07. The van der Waals surface area contributed by atoms with Crippen LogP contribution in [-0.4, -0.2) is 23.1 Å². The quantitative estimate of drug-likeness (QED) is 0.839. The number of rotatable bonds is 4. The number of hydrogen-bond acceptors (Lipinski definition) is 3. The fourth-order valence-electron chi connectivity index (χ4n) is 2.48. The monoisotopic (exact) mass is 269 g/mol. The zero-order valence-corrected chi connectivity index (χ0v) is 11.6. The Morgan fingerprint density at radius 1 is 1.50 bits per heavy atom. The molecular weight excluding hydrogens is 250 g/mol. The third kappa shape index (κ3) is 2.60. The van der Waals surface area contributed by atoms with Crippen LogP contribution in [0.2, 0.25) is 0 Å². The van der Waals surface area contributed by atoms with Gasteiger partial charge in [0.15, 0.2) is 0 Å². The number of H-pyrrole nitrogens is 1. The van der Waals surface area contributed by atoms with Gasteiger partial charge in [-0.1, -0.05) is 18.7 Å². The lowest BCUT2D eigenvalue weighted by Crippen LogP contribution is -2.30. The molecule has 20 heavy (non-hydrogen) atoms. The molecule has 0 spiro atoms. The minimum Gasteiger partial charge on any atom is -0.489 e. The first-order valence-corrected chi connectivity index (χ1v) is 6.86. The van der Waals surface area contributed by atoms with Crippen molar-refractivity contribution < 1.29 is 4.74 Å². The van der Waals surface area contributed by atoms with E-state index >= 15 is 0 Å². The number of nitrogens with zero attached hydrogens (tertiary/aromatic N) is 1. The fraction of sp³-hybridized carbons (Fsp3) is 0.312. The number of ether oxygens (including phenoxy) is 1. The summed E-state index contributed by atoms with van der Waals surface area (Å²) in [7, 11) is 0. The van der Waals surface area contributed by atoms with Crippen LogP contribution in [0.15, 0.2) is 42.7 Å². The summed E-state index contributed by atoms with van der Waals surface area (Å²) < 4.78 is 5.71. The summed E-state index contributed by atoms with van der Waals surface area (Å²) in [5, 5.41) is 3.51. The Morgan fingerprint density at radius 3 is 3.25 bits per heavy atom. The van der Waals surface area contributed by atoms with Gasteiger partial charge in [-0.25, -0.2) is 4.98 Å². The van der Waals surface area contributed by atoms with E-state index in [1.54, 1.807) is 6.33 Å². The second-order valence-corrected chi connectivity index (χ2v) is 5.22. The lowest BCUT2D eigenvalue weighted by molar-refractivity contribution is 0.352. The van der Waals surface area contributed by atoms with Crippen molar-refractivity contribution in [2.24, 2.45) is 0 Å². The van der Waals surface area contributed by atoms with Crippen LogP contribution in [0, 0.1) is 0 Å². The van der Waals surface area contributed by atoms with Crippen LogP contribution >= 0.6 is 0 Å². The highest BCUT2D eigenvalue weighted by Gasteiger charge is 2.23. The first kappa shape index (κ1) is 12.9. The summed E-state index contributed by atoms with van der Waals surface area (Å²) in [4.78, 5) is 7.66. The molecule has 4 nitrogen and oxygen atoms in total. The summed E-state index contributed by atoms with van der Waals surface area (Å²) in [6, 6.07) is 8.31. The third-order valence-electron chi connectivity index (χ3n) is 3.43. The van der Waals surface area contributed by atoms with Gasteiger partial charge in [-0.15, -0.1) is 0 Å². The Labute approximate surface area is 118 Å². The minimum absolute atomic E-state index is 0.137. The molecule has 0 saturated carbocycles. The molecule has 2 N–H and O–H groups in total.